The van der Waals surface area contributed by atoms with Crippen LogP contribution < -0.4 is 10.1 Å². The standard InChI is InChI=1S/C14H16N2O/c1-11-7-8-14(16-9-11)17-13-6-4-3-5-12(13)10-15-2/h3-9,15H,10H2,1-2H3. The number of aryl methyl sites for hydroxylation is 1. The van der Waals surface area contributed by atoms with Gasteiger partial charge in [-0.15, -0.1) is 0 Å². The smallest absolute Gasteiger partial charge is 0.219 e. The lowest BCUT2D eigenvalue weighted by Gasteiger charge is -2.09. The minimum atomic E-state index is 0.624. The molecule has 0 atom stereocenters. The SMILES string of the molecule is CNCc1ccccc1Oc1ccc(C)cn1. The second-order valence-electron chi connectivity index (χ2n) is 3.91. The van der Waals surface area contributed by atoms with Crippen molar-refractivity contribution in [3.05, 3.63) is 53.7 Å². The Morgan fingerprint density at radius 2 is 2.00 bits per heavy atom. The molecule has 88 valence electrons. The molecule has 0 saturated heterocycles. The lowest BCUT2D eigenvalue weighted by atomic mass is 10.2. The number of benzene rings is 1. The first-order valence-electron chi connectivity index (χ1n) is 5.62. The van der Waals surface area contributed by atoms with Gasteiger partial charge >= 0.3 is 0 Å². The second-order valence-corrected chi connectivity index (χ2v) is 3.91. The van der Waals surface area contributed by atoms with Gasteiger partial charge in [0.25, 0.3) is 0 Å². The lowest BCUT2D eigenvalue weighted by molar-refractivity contribution is 0.455. The summed E-state index contributed by atoms with van der Waals surface area (Å²) in [7, 11) is 1.92. The molecule has 0 amide bonds. The van der Waals surface area contributed by atoms with E-state index in [-0.39, 0.29) is 0 Å². The highest BCUT2D eigenvalue weighted by molar-refractivity contribution is 5.36. The summed E-state index contributed by atoms with van der Waals surface area (Å²) >= 11 is 0. The van der Waals surface area contributed by atoms with Crippen LogP contribution in [-0.2, 0) is 6.54 Å². The van der Waals surface area contributed by atoms with E-state index < -0.39 is 0 Å². The van der Waals surface area contributed by atoms with Gasteiger partial charge in [0.15, 0.2) is 0 Å². The van der Waals surface area contributed by atoms with Crippen molar-refractivity contribution in [2.75, 3.05) is 7.05 Å². The number of ether oxygens (including phenoxy) is 1. The molecular weight excluding hydrogens is 212 g/mol. The Morgan fingerprint density at radius 1 is 1.18 bits per heavy atom. The summed E-state index contributed by atoms with van der Waals surface area (Å²) in [6, 6.07) is 11.8. The summed E-state index contributed by atoms with van der Waals surface area (Å²) in [4.78, 5) is 4.23. The van der Waals surface area contributed by atoms with Gasteiger partial charge in [-0.25, -0.2) is 4.98 Å². The first-order valence-corrected chi connectivity index (χ1v) is 5.62. The Hall–Kier alpha value is -1.87. The Kier molecular flexibility index (Phi) is 3.73. The van der Waals surface area contributed by atoms with Crippen molar-refractivity contribution >= 4 is 0 Å². The van der Waals surface area contributed by atoms with E-state index in [1.54, 1.807) is 6.20 Å². The molecule has 1 N–H and O–H groups in total. The van der Waals surface area contributed by atoms with Gasteiger partial charge in [-0.05, 0) is 25.6 Å². The highest BCUT2D eigenvalue weighted by Crippen LogP contribution is 2.23. The molecule has 0 aliphatic carbocycles. The summed E-state index contributed by atoms with van der Waals surface area (Å²) in [5.41, 5.74) is 2.25. The summed E-state index contributed by atoms with van der Waals surface area (Å²) in [5, 5.41) is 3.12. The molecule has 0 unspecified atom stereocenters. The molecule has 2 aromatic rings. The summed E-state index contributed by atoms with van der Waals surface area (Å²) in [6.45, 7) is 2.79. The molecule has 0 radical (unpaired) electrons. The van der Waals surface area contributed by atoms with Crippen molar-refractivity contribution in [1.29, 1.82) is 0 Å². The minimum absolute atomic E-state index is 0.624. The van der Waals surface area contributed by atoms with Gasteiger partial charge in [-0.3, -0.25) is 0 Å². The van der Waals surface area contributed by atoms with Crippen LogP contribution in [0.5, 0.6) is 11.6 Å². The third-order valence-electron chi connectivity index (χ3n) is 2.44. The summed E-state index contributed by atoms with van der Waals surface area (Å²) < 4.78 is 5.77. The molecule has 0 aliphatic rings. The average molecular weight is 228 g/mol. The quantitative estimate of drug-likeness (QED) is 0.873. The van der Waals surface area contributed by atoms with E-state index in [4.69, 9.17) is 4.74 Å². The maximum absolute atomic E-state index is 5.77. The normalized spacial score (nSPS) is 10.2. The highest BCUT2D eigenvalue weighted by Gasteiger charge is 2.03. The predicted molar refractivity (Wildman–Crippen MR) is 68.3 cm³/mol. The number of hydrogen-bond acceptors (Lipinski definition) is 3. The Bertz CT molecular complexity index is 480. The van der Waals surface area contributed by atoms with E-state index in [1.165, 1.54) is 0 Å². The van der Waals surface area contributed by atoms with Crippen LogP contribution in [0.1, 0.15) is 11.1 Å². The third-order valence-corrected chi connectivity index (χ3v) is 2.44. The number of nitrogens with one attached hydrogen (secondary N) is 1. The van der Waals surface area contributed by atoms with E-state index in [1.807, 2.05) is 50.4 Å². The van der Waals surface area contributed by atoms with Crippen LogP contribution in [0.4, 0.5) is 0 Å². The van der Waals surface area contributed by atoms with E-state index in [2.05, 4.69) is 10.3 Å². The van der Waals surface area contributed by atoms with Gasteiger partial charge in [-0.2, -0.15) is 0 Å². The number of pyridine rings is 1. The van der Waals surface area contributed by atoms with Crippen LogP contribution in [0.25, 0.3) is 0 Å². The van der Waals surface area contributed by atoms with Gasteiger partial charge in [0.05, 0.1) is 0 Å². The zero-order chi connectivity index (χ0) is 12.1. The average Bonchev–Trinajstić information content (AvgIpc) is 2.35. The van der Waals surface area contributed by atoms with Crippen molar-refractivity contribution in [3.8, 4) is 11.6 Å². The zero-order valence-electron chi connectivity index (χ0n) is 10.1. The van der Waals surface area contributed by atoms with Crippen LogP contribution in [-0.4, -0.2) is 12.0 Å². The molecule has 0 saturated carbocycles. The molecule has 0 spiro atoms. The highest BCUT2D eigenvalue weighted by atomic mass is 16.5. The van der Waals surface area contributed by atoms with E-state index in [0.29, 0.717) is 5.88 Å². The molecule has 17 heavy (non-hydrogen) atoms. The van der Waals surface area contributed by atoms with Crippen molar-refractivity contribution < 1.29 is 4.74 Å². The lowest BCUT2D eigenvalue weighted by Crippen LogP contribution is -2.06. The zero-order valence-corrected chi connectivity index (χ0v) is 10.1. The van der Waals surface area contributed by atoms with Gasteiger partial charge in [0.1, 0.15) is 5.75 Å². The van der Waals surface area contributed by atoms with Crippen LogP contribution in [0.15, 0.2) is 42.6 Å². The molecule has 1 heterocycles. The number of hydrogen-bond donors (Lipinski definition) is 1. The van der Waals surface area contributed by atoms with Crippen molar-refractivity contribution in [2.45, 2.75) is 13.5 Å². The van der Waals surface area contributed by atoms with Crippen LogP contribution in [0, 0.1) is 6.92 Å². The minimum Gasteiger partial charge on any atom is -0.439 e. The van der Waals surface area contributed by atoms with Gasteiger partial charge in [0, 0.05) is 24.4 Å². The van der Waals surface area contributed by atoms with Gasteiger partial charge in [-0.1, -0.05) is 24.3 Å². The van der Waals surface area contributed by atoms with Crippen LogP contribution in [0.2, 0.25) is 0 Å². The molecule has 0 bridgehead atoms. The number of nitrogens with zero attached hydrogens (tertiary/aromatic N) is 1. The molecule has 1 aromatic heterocycles. The maximum Gasteiger partial charge on any atom is 0.219 e. The first kappa shape index (κ1) is 11.6. The Labute approximate surface area is 101 Å². The van der Waals surface area contributed by atoms with E-state index in [0.717, 1.165) is 23.4 Å². The maximum atomic E-state index is 5.77. The number of rotatable bonds is 4. The topological polar surface area (TPSA) is 34.1 Å². The molecular formula is C14H16N2O. The van der Waals surface area contributed by atoms with Crippen molar-refractivity contribution in [1.82, 2.24) is 10.3 Å². The molecule has 3 nitrogen and oxygen atoms in total. The van der Waals surface area contributed by atoms with Gasteiger partial charge < -0.3 is 10.1 Å². The van der Waals surface area contributed by atoms with Crippen molar-refractivity contribution in [3.63, 3.8) is 0 Å². The van der Waals surface area contributed by atoms with Gasteiger partial charge in [0.2, 0.25) is 5.88 Å². The largest absolute Gasteiger partial charge is 0.439 e. The first-order chi connectivity index (χ1) is 8.29. The molecule has 0 aliphatic heterocycles. The number of aromatic nitrogens is 1. The van der Waals surface area contributed by atoms with E-state index in [9.17, 15) is 0 Å². The third kappa shape index (κ3) is 3.04. The molecule has 1 aromatic carbocycles. The van der Waals surface area contributed by atoms with E-state index >= 15 is 0 Å². The monoisotopic (exact) mass is 228 g/mol. The Morgan fingerprint density at radius 3 is 2.71 bits per heavy atom. The van der Waals surface area contributed by atoms with Crippen LogP contribution in [0.3, 0.4) is 0 Å². The molecule has 3 heteroatoms. The number of para-hydroxylation sites is 1. The molecule has 0 fully saturated rings. The fraction of sp³-hybridized carbons (Fsp3) is 0.214. The van der Waals surface area contributed by atoms with Crippen LogP contribution >= 0.6 is 0 Å². The predicted octanol–water partition coefficient (Wildman–Crippen LogP) is 2.90. The fourth-order valence-corrected chi connectivity index (χ4v) is 1.57. The summed E-state index contributed by atoms with van der Waals surface area (Å²) in [5.74, 6) is 1.47. The molecule has 2 rings (SSSR count). The fourth-order valence-electron chi connectivity index (χ4n) is 1.57. The summed E-state index contributed by atoms with van der Waals surface area (Å²) in [6.07, 6.45) is 1.80. The Balaban J connectivity index is 2.20. The second kappa shape index (κ2) is 5.46. The van der Waals surface area contributed by atoms with Crippen molar-refractivity contribution in [2.24, 2.45) is 0 Å².